The number of benzene rings is 19. The average Bonchev–Trinajstić information content (AvgIpc) is 2.87. The SMILES string of the molecule is CN1c2ccccc2C(c2cccs2)C23c4c5c6c7c8c9c(c%10c%11c2c2c4c4c%12c5c5c6c6c8c8c%13c9c9c%10c%10c%11c%11c2c2c4c4c%12c%12c5c5c6c8c6c8c%13c9c9c%10c%10c%11c2c2c4c4c%12c5c6c5c8c9c%10c2c45)C713. The summed E-state index contributed by atoms with van der Waals surface area (Å²) in [6.07, 6.45) is 0. The molecule has 1 unspecified atom stereocenters. The smallest absolute Gasteiger partial charge is 0.108 e. The van der Waals surface area contributed by atoms with E-state index in [-0.39, 0.29) is 5.92 Å². The number of nitrogens with zero attached hydrogens (tertiary/aromatic N) is 1. The molecule has 0 saturated heterocycles. The van der Waals surface area contributed by atoms with Gasteiger partial charge >= 0.3 is 0 Å². The van der Waals surface area contributed by atoms with Crippen molar-refractivity contribution in [1.29, 1.82) is 0 Å². The molecule has 74 heavy (non-hydrogen) atoms. The molecule has 0 saturated carbocycles. The zero-order valence-electron chi connectivity index (χ0n) is 38.0. The van der Waals surface area contributed by atoms with E-state index in [4.69, 9.17) is 0 Å². The Morgan fingerprint density at radius 2 is 0.527 bits per heavy atom. The van der Waals surface area contributed by atoms with Crippen LogP contribution in [0.1, 0.15) is 38.6 Å². The molecule has 30 aromatic rings. The lowest BCUT2D eigenvalue weighted by molar-refractivity contribution is 0.272. The molecular formula is C72H11NS. The molecule has 35 rings (SSSR count). The van der Waals surface area contributed by atoms with Crippen LogP contribution in [-0.2, 0) is 11.0 Å². The number of likely N-dealkylation sites (N-methyl/N-ethyl adjacent to an activating group) is 1. The van der Waals surface area contributed by atoms with Crippen molar-refractivity contribution in [2.75, 3.05) is 11.9 Å². The van der Waals surface area contributed by atoms with Gasteiger partial charge < -0.3 is 4.90 Å². The second-order valence-electron chi connectivity index (χ2n) is 26.8. The molecule has 2 heterocycles. The van der Waals surface area contributed by atoms with Gasteiger partial charge in [0.25, 0.3) is 0 Å². The molecule has 2 spiro atoms. The van der Waals surface area contributed by atoms with E-state index in [2.05, 4.69) is 53.7 Å². The first kappa shape index (κ1) is 27.9. The fourth-order valence-corrected chi connectivity index (χ4v) is 27.6. The van der Waals surface area contributed by atoms with Gasteiger partial charge in [-0.2, -0.15) is 0 Å². The highest BCUT2D eigenvalue weighted by molar-refractivity contribution is 7.10. The van der Waals surface area contributed by atoms with Crippen LogP contribution in [-0.4, -0.2) is 7.05 Å². The van der Waals surface area contributed by atoms with Crippen molar-refractivity contribution in [2.24, 2.45) is 0 Å². The van der Waals surface area contributed by atoms with Crippen LogP contribution in [0.5, 0.6) is 0 Å². The summed E-state index contributed by atoms with van der Waals surface area (Å²) in [5, 5.41) is 92.1. The Bertz CT molecular complexity index is 7540. The third kappa shape index (κ3) is 1.48. The number of hydrogen-bond acceptors (Lipinski definition) is 2. The molecule has 0 N–H and O–H groups in total. The maximum atomic E-state index is 3.01. The first-order chi connectivity index (χ1) is 36.9. The van der Waals surface area contributed by atoms with E-state index in [1.165, 1.54) is 11.3 Å². The highest BCUT2D eigenvalue weighted by Gasteiger charge is 2.75. The highest BCUT2D eigenvalue weighted by atomic mass is 32.1. The van der Waals surface area contributed by atoms with Gasteiger partial charge in [-0.15, -0.1) is 11.3 Å². The average molecular weight is 922 g/mol. The van der Waals surface area contributed by atoms with Gasteiger partial charge in [0.2, 0.25) is 0 Å². The zero-order chi connectivity index (χ0) is 44.0. The summed E-state index contributed by atoms with van der Waals surface area (Å²) in [5.74, 6) is 0.130. The maximum Gasteiger partial charge on any atom is 0.108 e. The monoisotopic (exact) mass is 921 g/mol. The third-order valence-electron chi connectivity index (χ3n) is 26.7. The van der Waals surface area contributed by atoms with Crippen LogP contribution in [0.25, 0.3) is 291 Å². The van der Waals surface area contributed by atoms with Gasteiger partial charge in [0.1, 0.15) is 5.54 Å². The minimum atomic E-state index is -0.485. The van der Waals surface area contributed by atoms with Crippen LogP contribution in [0, 0.1) is 0 Å². The topological polar surface area (TPSA) is 3.24 Å². The van der Waals surface area contributed by atoms with Crippen molar-refractivity contribution >= 4 is 308 Å². The normalized spacial score (nSPS) is 22.9. The fourth-order valence-electron chi connectivity index (χ4n) is 26.6. The van der Waals surface area contributed by atoms with Crippen molar-refractivity contribution in [3.05, 3.63) is 74.5 Å². The van der Waals surface area contributed by atoms with Crippen LogP contribution in [0.2, 0.25) is 0 Å². The summed E-state index contributed by atoms with van der Waals surface area (Å²) >= 11 is 2.05. The second kappa shape index (κ2) is 6.39. The first-order valence-corrected chi connectivity index (χ1v) is 28.4. The van der Waals surface area contributed by atoms with Gasteiger partial charge in [0.05, 0.1) is 5.41 Å². The molecule has 4 aliphatic carbocycles. The van der Waals surface area contributed by atoms with Gasteiger partial charge in [-0.05, 0) is 325 Å². The fraction of sp³-hybridized carbons (Fsp3) is 0.0556. The maximum absolute atomic E-state index is 3.01. The molecular weight excluding hydrogens is 911 g/mol. The molecule has 5 aliphatic rings. The lowest BCUT2D eigenvalue weighted by atomic mass is 9.45. The lowest BCUT2D eigenvalue weighted by Gasteiger charge is -2.64. The molecule has 1 nitrogen and oxygen atoms in total. The summed E-state index contributed by atoms with van der Waals surface area (Å²) in [6.45, 7) is 0. The molecule has 0 radical (unpaired) electrons. The minimum absolute atomic E-state index is 0.130. The van der Waals surface area contributed by atoms with Crippen molar-refractivity contribution in [1.82, 2.24) is 0 Å². The van der Waals surface area contributed by atoms with Crippen LogP contribution in [0.3, 0.4) is 0 Å². The van der Waals surface area contributed by atoms with Gasteiger partial charge in [-0.3, -0.25) is 0 Å². The van der Waals surface area contributed by atoms with E-state index in [0.717, 1.165) is 0 Å². The van der Waals surface area contributed by atoms with Crippen LogP contribution in [0.15, 0.2) is 41.8 Å². The molecule has 29 aromatic carbocycles. The van der Waals surface area contributed by atoms with Crippen LogP contribution in [0.4, 0.5) is 5.69 Å². The molecule has 0 fully saturated rings. The summed E-state index contributed by atoms with van der Waals surface area (Å²) in [6, 6.07) is 14.9. The largest absolute Gasteiger partial charge is 0.359 e. The van der Waals surface area contributed by atoms with Crippen molar-refractivity contribution < 1.29 is 0 Å². The van der Waals surface area contributed by atoms with Gasteiger partial charge in [-0.25, -0.2) is 0 Å². The van der Waals surface area contributed by atoms with E-state index >= 15 is 0 Å². The van der Waals surface area contributed by atoms with Crippen molar-refractivity contribution in [2.45, 2.75) is 16.9 Å². The quantitative estimate of drug-likeness (QED) is 0.148. The third-order valence-corrected chi connectivity index (χ3v) is 27.6. The molecule has 1 aliphatic heterocycles. The first-order valence-electron chi connectivity index (χ1n) is 27.5. The van der Waals surface area contributed by atoms with E-state index in [1.54, 1.807) is 318 Å². The number of para-hydroxylation sites is 1. The van der Waals surface area contributed by atoms with E-state index in [9.17, 15) is 0 Å². The number of anilines is 1. The Morgan fingerprint density at radius 1 is 0.284 bits per heavy atom. The Morgan fingerprint density at radius 3 is 0.784 bits per heavy atom. The highest BCUT2D eigenvalue weighted by Crippen LogP contribution is 2.87. The van der Waals surface area contributed by atoms with E-state index < -0.39 is 11.0 Å². The second-order valence-corrected chi connectivity index (χ2v) is 27.8. The van der Waals surface area contributed by atoms with Gasteiger partial charge in [-0.1, -0.05) is 24.3 Å². The lowest BCUT2D eigenvalue weighted by Crippen LogP contribution is -2.66. The number of thiophene rings is 1. The van der Waals surface area contributed by atoms with Crippen LogP contribution >= 0.6 is 11.3 Å². The molecule has 0 amide bonds. The Hall–Kier alpha value is -8.82. The molecule has 1 atom stereocenters. The van der Waals surface area contributed by atoms with E-state index in [0.29, 0.717) is 0 Å². The van der Waals surface area contributed by atoms with Crippen molar-refractivity contribution in [3.63, 3.8) is 0 Å². The minimum Gasteiger partial charge on any atom is -0.359 e. The molecule has 310 valence electrons. The molecule has 2 heteroatoms. The summed E-state index contributed by atoms with van der Waals surface area (Å²) in [7, 11) is 2.62. The summed E-state index contributed by atoms with van der Waals surface area (Å²) < 4.78 is 0. The predicted molar refractivity (Wildman–Crippen MR) is 315 cm³/mol. The van der Waals surface area contributed by atoms with E-state index in [1.807, 2.05) is 11.3 Å². The Labute approximate surface area is 408 Å². The zero-order valence-corrected chi connectivity index (χ0v) is 38.8. The molecule has 1 aromatic heterocycles. The molecule has 0 bridgehead atoms. The number of hydrogen-bond donors (Lipinski definition) is 0. The standard InChI is InChI=1S/C72H11NS/c1-73-10-6-3-2-5-9(10)66(11-7-4-8-74-11)71-67-58-50-40-30-22-14-12-13-16-20-18(14)26-34-28(20)38-32-24(16)25-17(13)21-19-15(12)23(22)31-37-27(19)35-29(21)39-33(25)43-42(32)54-48(38)56-46(34)52(44(50)36(26)30)60(67)62(56)69-64(54)65-55(43)49(39)57-47(35)53-45(37)51(41(31)40)59(58)68(71)61(53)63(57)70(65)72(69,71)73/h2-8,66H,1H3. The van der Waals surface area contributed by atoms with Gasteiger partial charge in [0, 0.05) is 34.7 Å². The Kier molecular flexibility index (Phi) is 2.41. The van der Waals surface area contributed by atoms with Gasteiger partial charge in [0.15, 0.2) is 0 Å². The number of fused-ring (bicyclic) bond motifs is 1. The van der Waals surface area contributed by atoms with Crippen LogP contribution < -0.4 is 4.90 Å². The number of rotatable bonds is 1. The predicted octanol–water partition coefficient (Wildman–Crippen LogP) is 19.6. The summed E-state index contributed by atoms with van der Waals surface area (Å²) in [5.41, 5.74) is 8.97. The van der Waals surface area contributed by atoms with Crippen molar-refractivity contribution in [3.8, 4) is 0 Å². The Balaban J connectivity index is 1.16. The summed E-state index contributed by atoms with van der Waals surface area (Å²) in [4.78, 5) is 4.56.